The van der Waals surface area contributed by atoms with E-state index in [1.54, 1.807) is 12.1 Å². The van der Waals surface area contributed by atoms with Gasteiger partial charge in [-0.1, -0.05) is 12.1 Å². The molecule has 0 radical (unpaired) electrons. The van der Waals surface area contributed by atoms with Crippen molar-refractivity contribution in [3.63, 3.8) is 0 Å². The molecule has 0 saturated carbocycles. The highest BCUT2D eigenvalue weighted by Crippen LogP contribution is 2.25. The molecule has 0 fully saturated rings. The molecule has 7 heteroatoms. The van der Waals surface area contributed by atoms with Gasteiger partial charge in [0.1, 0.15) is 0 Å². The molecule has 118 valence electrons. The van der Waals surface area contributed by atoms with Crippen LogP contribution in [0, 0.1) is 0 Å². The van der Waals surface area contributed by atoms with Crippen molar-refractivity contribution in [3.05, 3.63) is 29.3 Å². The van der Waals surface area contributed by atoms with Gasteiger partial charge in [-0.05, 0) is 30.2 Å². The number of hydrogen-bond acceptors (Lipinski definition) is 5. The van der Waals surface area contributed by atoms with Crippen molar-refractivity contribution in [2.24, 2.45) is 0 Å². The van der Waals surface area contributed by atoms with Crippen LogP contribution in [0.25, 0.3) is 0 Å². The largest absolute Gasteiger partial charge is 0.389 e. The van der Waals surface area contributed by atoms with E-state index < -0.39 is 16.1 Å². The van der Waals surface area contributed by atoms with Crippen LogP contribution in [0.3, 0.4) is 0 Å². The molecule has 1 aliphatic rings. The highest BCUT2D eigenvalue weighted by atomic mass is 32.2. The Hall–Kier alpha value is -0.990. The van der Waals surface area contributed by atoms with E-state index in [9.17, 15) is 13.5 Å². The Kier molecular flexibility index (Phi) is 5.34. The van der Waals surface area contributed by atoms with Crippen LogP contribution in [0.15, 0.2) is 23.1 Å². The highest BCUT2D eigenvalue weighted by molar-refractivity contribution is 7.89. The molecule has 1 unspecified atom stereocenters. The first kappa shape index (κ1) is 16.4. The lowest BCUT2D eigenvalue weighted by molar-refractivity contribution is 0.0554. The van der Waals surface area contributed by atoms with Gasteiger partial charge in [0, 0.05) is 27.2 Å². The molecule has 21 heavy (non-hydrogen) atoms. The van der Waals surface area contributed by atoms with Gasteiger partial charge in [-0.25, -0.2) is 8.42 Å². The smallest absolute Gasteiger partial charge is 0.243 e. The van der Waals surface area contributed by atoms with Crippen molar-refractivity contribution in [1.82, 2.24) is 9.62 Å². The lowest BCUT2D eigenvalue weighted by atomic mass is 10.0. The number of benzene rings is 1. The van der Waals surface area contributed by atoms with Gasteiger partial charge in [0.2, 0.25) is 10.0 Å². The molecule has 0 spiro atoms. The second kappa shape index (κ2) is 6.85. The zero-order valence-electron chi connectivity index (χ0n) is 12.4. The lowest BCUT2D eigenvalue weighted by Crippen LogP contribution is -2.37. The Balaban J connectivity index is 2.27. The molecule has 1 aromatic rings. The summed E-state index contributed by atoms with van der Waals surface area (Å²) in [5.41, 5.74) is 1.90. The Morgan fingerprint density at radius 3 is 2.95 bits per heavy atom. The third-order valence-corrected chi connectivity index (χ3v) is 5.52. The molecule has 6 nitrogen and oxygen atoms in total. The van der Waals surface area contributed by atoms with Gasteiger partial charge in [-0.15, -0.1) is 0 Å². The predicted molar refractivity (Wildman–Crippen MR) is 79.6 cm³/mol. The number of aliphatic hydroxyl groups excluding tert-OH is 1. The fraction of sp³-hybridized carbons (Fsp3) is 0.571. The van der Waals surface area contributed by atoms with E-state index in [0.29, 0.717) is 17.9 Å². The van der Waals surface area contributed by atoms with Crippen molar-refractivity contribution >= 4 is 10.0 Å². The molecule has 1 atom stereocenters. The van der Waals surface area contributed by atoms with E-state index in [1.165, 1.54) is 18.5 Å². The number of ether oxygens (including phenoxy) is 1. The number of methoxy groups -OCH3 is 1. The first-order chi connectivity index (χ1) is 9.96. The molecule has 1 aliphatic heterocycles. The number of fused-ring (bicyclic) bond motifs is 1. The van der Waals surface area contributed by atoms with Crippen LogP contribution in [-0.2, 0) is 27.7 Å². The fourth-order valence-corrected chi connectivity index (χ4v) is 4.05. The molecular formula is C14H22N2O4S. The van der Waals surface area contributed by atoms with Crippen LogP contribution >= 0.6 is 0 Å². The maximum Gasteiger partial charge on any atom is 0.243 e. The monoisotopic (exact) mass is 314 g/mol. The summed E-state index contributed by atoms with van der Waals surface area (Å²) in [6.07, 6.45) is -0.143. The lowest BCUT2D eigenvalue weighted by Gasteiger charge is -2.24. The molecule has 1 aromatic carbocycles. The molecule has 0 aliphatic carbocycles. The zero-order valence-corrected chi connectivity index (χ0v) is 13.2. The van der Waals surface area contributed by atoms with Crippen molar-refractivity contribution in [1.29, 1.82) is 0 Å². The molecule has 0 amide bonds. The third kappa shape index (κ3) is 3.61. The van der Waals surface area contributed by atoms with E-state index >= 15 is 0 Å². The maximum absolute atomic E-state index is 12.7. The van der Waals surface area contributed by atoms with Crippen LogP contribution in [0.1, 0.15) is 11.1 Å². The molecule has 2 N–H and O–H groups in total. The third-order valence-electron chi connectivity index (χ3n) is 3.61. The normalized spacial score (nSPS) is 16.8. The first-order valence-electron chi connectivity index (χ1n) is 6.91. The number of nitrogens with one attached hydrogen (secondary N) is 1. The number of aliphatic hydroxyl groups is 1. The number of likely N-dealkylation sites (N-methyl/N-ethyl adjacent to an activating group) is 1. The Bertz CT molecular complexity index is 589. The minimum Gasteiger partial charge on any atom is -0.389 e. The molecule has 0 aromatic heterocycles. The fourth-order valence-electron chi connectivity index (χ4n) is 2.55. The number of hydrogen-bond donors (Lipinski definition) is 2. The SMILES string of the molecule is COCC(O)CN(C)S(=O)(=O)c1cccc2c1CCNC2. The van der Waals surface area contributed by atoms with Gasteiger partial charge in [0.15, 0.2) is 0 Å². The van der Waals surface area contributed by atoms with Crippen LogP contribution < -0.4 is 5.32 Å². The molecular weight excluding hydrogens is 292 g/mol. The van der Waals surface area contributed by atoms with E-state index in [-0.39, 0.29) is 13.2 Å². The number of sulfonamides is 1. The summed E-state index contributed by atoms with van der Waals surface area (Å²) >= 11 is 0. The number of nitrogens with zero attached hydrogens (tertiary/aromatic N) is 1. The van der Waals surface area contributed by atoms with E-state index in [0.717, 1.165) is 17.7 Å². The average Bonchev–Trinajstić information content (AvgIpc) is 2.46. The average molecular weight is 314 g/mol. The zero-order chi connectivity index (χ0) is 15.5. The van der Waals surface area contributed by atoms with Gasteiger partial charge < -0.3 is 15.2 Å². The summed E-state index contributed by atoms with van der Waals surface area (Å²) in [6.45, 7) is 1.58. The van der Waals surface area contributed by atoms with Crippen LogP contribution in [0.2, 0.25) is 0 Å². The maximum atomic E-state index is 12.7. The van der Waals surface area contributed by atoms with Crippen LogP contribution in [0.5, 0.6) is 0 Å². The molecule has 2 rings (SSSR count). The van der Waals surface area contributed by atoms with Gasteiger partial charge >= 0.3 is 0 Å². The van der Waals surface area contributed by atoms with Crippen molar-refractivity contribution in [2.75, 3.05) is 33.9 Å². The summed E-state index contributed by atoms with van der Waals surface area (Å²) in [6, 6.07) is 5.34. The van der Waals surface area contributed by atoms with Crippen molar-refractivity contribution < 1.29 is 18.3 Å². The summed E-state index contributed by atoms with van der Waals surface area (Å²) in [5, 5.41) is 13.0. The van der Waals surface area contributed by atoms with Gasteiger partial charge in [0.25, 0.3) is 0 Å². The van der Waals surface area contributed by atoms with Gasteiger partial charge in [0.05, 0.1) is 17.6 Å². The topological polar surface area (TPSA) is 78.9 Å². The van der Waals surface area contributed by atoms with Gasteiger partial charge in [-0.3, -0.25) is 0 Å². The minimum atomic E-state index is -3.60. The summed E-state index contributed by atoms with van der Waals surface area (Å²) < 4.78 is 31.4. The molecule has 1 heterocycles. The first-order valence-corrected chi connectivity index (χ1v) is 8.35. The second-order valence-electron chi connectivity index (χ2n) is 5.22. The Morgan fingerprint density at radius 2 is 2.24 bits per heavy atom. The quantitative estimate of drug-likeness (QED) is 0.770. The summed E-state index contributed by atoms with van der Waals surface area (Å²) in [5.74, 6) is 0. The van der Waals surface area contributed by atoms with E-state index in [1.807, 2.05) is 6.07 Å². The Morgan fingerprint density at radius 1 is 1.48 bits per heavy atom. The van der Waals surface area contributed by atoms with Crippen LogP contribution in [0.4, 0.5) is 0 Å². The number of rotatable bonds is 6. The van der Waals surface area contributed by atoms with Gasteiger partial charge in [-0.2, -0.15) is 4.31 Å². The molecule has 0 saturated heterocycles. The molecule has 0 bridgehead atoms. The van der Waals surface area contributed by atoms with Crippen LogP contribution in [-0.4, -0.2) is 57.8 Å². The summed E-state index contributed by atoms with van der Waals surface area (Å²) in [7, 11) is -0.652. The van der Waals surface area contributed by atoms with E-state index in [4.69, 9.17) is 4.74 Å². The Labute approximate surface area is 125 Å². The minimum absolute atomic E-state index is 0.0120. The standard InChI is InChI=1S/C14H22N2O4S/c1-16(9-12(17)10-20-2)21(18,19)14-5-3-4-11-8-15-7-6-13(11)14/h3-5,12,15,17H,6-10H2,1-2H3. The second-order valence-corrected chi connectivity index (χ2v) is 7.23. The van der Waals surface area contributed by atoms with Crippen molar-refractivity contribution in [2.45, 2.75) is 24.0 Å². The predicted octanol–water partition coefficient (Wildman–Crippen LogP) is -0.0399. The van der Waals surface area contributed by atoms with E-state index in [2.05, 4.69) is 5.32 Å². The van der Waals surface area contributed by atoms with Crippen molar-refractivity contribution in [3.8, 4) is 0 Å². The summed E-state index contributed by atoms with van der Waals surface area (Å²) in [4.78, 5) is 0.341. The highest BCUT2D eigenvalue weighted by Gasteiger charge is 2.27.